The van der Waals surface area contributed by atoms with Crippen molar-refractivity contribution in [2.24, 2.45) is 13.0 Å². The van der Waals surface area contributed by atoms with Gasteiger partial charge >= 0.3 is 0 Å². The maximum atomic E-state index is 10.7. The molecule has 24 heavy (non-hydrogen) atoms. The van der Waals surface area contributed by atoms with Crippen LogP contribution in [0.4, 0.5) is 0 Å². The highest BCUT2D eigenvalue weighted by Crippen LogP contribution is 2.37. The summed E-state index contributed by atoms with van der Waals surface area (Å²) >= 11 is 0. The summed E-state index contributed by atoms with van der Waals surface area (Å²) < 4.78 is 13.0. The number of imidazole rings is 1. The molecule has 1 aromatic heterocycles. The van der Waals surface area contributed by atoms with Crippen molar-refractivity contribution in [3.8, 4) is 11.5 Å². The maximum Gasteiger partial charge on any atom is 0.231 e. The van der Waals surface area contributed by atoms with Crippen LogP contribution in [0.3, 0.4) is 0 Å². The number of aromatic nitrogens is 2. The number of aliphatic hydroxyl groups is 1. The van der Waals surface area contributed by atoms with Crippen LogP contribution >= 0.6 is 0 Å². The number of para-hydroxylation sites is 1. The molecule has 128 valence electrons. The van der Waals surface area contributed by atoms with Gasteiger partial charge in [0.05, 0.1) is 0 Å². The van der Waals surface area contributed by atoms with Gasteiger partial charge in [-0.25, -0.2) is 4.98 Å². The number of nitrogens with zero attached hydrogens (tertiary/aromatic N) is 3. The van der Waals surface area contributed by atoms with Crippen LogP contribution < -0.4 is 9.47 Å². The highest BCUT2D eigenvalue weighted by atomic mass is 16.7. The molecule has 1 aromatic carbocycles. The maximum absolute atomic E-state index is 10.7. The van der Waals surface area contributed by atoms with Crippen molar-refractivity contribution in [3.05, 3.63) is 42.0 Å². The molecule has 0 bridgehead atoms. The van der Waals surface area contributed by atoms with Gasteiger partial charge in [0, 0.05) is 44.0 Å². The number of fused-ring (bicyclic) bond motifs is 1. The minimum atomic E-state index is -0.520. The topological polar surface area (TPSA) is 59.8 Å². The monoisotopic (exact) mass is 329 g/mol. The highest BCUT2D eigenvalue weighted by molar-refractivity contribution is 5.48. The van der Waals surface area contributed by atoms with Crippen LogP contribution in [-0.4, -0.2) is 39.4 Å². The zero-order chi connectivity index (χ0) is 16.5. The molecular weight excluding hydrogens is 306 g/mol. The molecule has 2 unspecified atom stereocenters. The fourth-order valence-corrected chi connectivity index (χ4v) is 3.72. The second-order valence-electron chi connectivity index (χ2n) is 6.63. The van der Waals surface area contributed by atoms with Crippen LogP contribution in [0.5, 0.6) is 11.5 Å². The van der Waals surface area contributed by atoms with Gasteiger partial charge in [0.2, 0.25) is 6.79 Å². The Morgan fingerprint density at radius 1 is 1.38 bits per heavy atom. The summed E-state index contributed by atoms with van der Waals surface area (Å²) in [5, 5.41) is 10.7. The average molecular weight is 329 g/mol. The number of likely N-dealkylation sites (tertiary alicyclic amines) is 1. The molecule has 2 aliphatic heterocycles. The molecular formula is C18H23N3O3. The molecule has 0 amide bonds. The summed E-state index contributed by atoms with van der Waals surface area (Å²) in [5.74, 6) is 2.64. The van der Waals surface area contributed by atoms with E-state index >= 15 is 0 Å². The minimum Gasteiger partial charge on any atom is -0.454 e. The molecule has 6 nitrogen and oxygen atoms in total. The van der Waals surface area contributed by atoms with E-state index in [1.54, 1.807) is 6.20 Å². The molecule has 0 aliphatic carbocycles. The molecule has 1 fully saturated rings. The SMILES string of the molecule is Cn1ccnc1C(O)C1CCCN(Cc2cccc3c2OCO3)C1. The van der Waals surface area contributed by atoms with Crippen molar-refractivity contribution in [3.63, 3.8) is 0 Å². The van der Waals surface area contributed by atoms with Gasteiger partial charge < -0.3 is 19.1 Å². The van der Waals surface area contributed by atoms with Crippen LogP contribution in [0.1, 0.15) is 30.3 Å². The lowest BCUT2D eigenvalue weighted by atomic mass is 9.91. The molecule has 1 saturated heterocycles. The molecule has 0 saturated carbocycles. The van der Waals surface area contributed by atoms with E-state index < -0.39 is 6.10 Å². The first-order valence-electron chi connectivity index (χ1n) is 8.47. The van der Waals surface area contributed by atoms with E-state index in [0.29, 0.717) is 6.79 Å². The van der Waals surface area contributed by atoms with Crippen LogP contribution in [-0.2, 0) is 13.6 Å². The van der Waals surface area contributed by atoms with E-state index in [0.717, 1.165) is 55.4 Å². The fourth-order valence-electron chi connectivity index (χ4n) is 3.72. The van der Waals surface area contributed by atoms with Crippen LogP contribution in [0.2, 0.25) is 0 Å². The number of aryl methyl sites for hydroxylation is 1. The summed E-state index contributed by atoms with van der Waals surface area (Å²) in [6, 6.07) is 6.04. The third kappa shape index (κ3) is 2.87. The smallest absolute Gasteiger partial charge is 0.231 e. The van der Waals surface area contributed by atoms with Crippen molar-refractivity contribution in [2.75, 3.05) is 19.9 Å². The van der Waals surface area contributed by atoms with Crippen molar-refractivity contribution in [1.29, 1.82) is 0 Å². The standard InChI is InChI=1S/C18H23N3O3/c1-20-9-7-19-18(20)16(22)13-5-3-8-21(10-13)11-14-4-2-6-15-17(14)24-12-23-15/h2,4,6-7,9,13,16,22H,3,5,8,10-12H2,1H3. The average Bonchev–Trinajstić information content (AvgIpc) is 3.24. The third-order valence-electron chi connectivity index (χ3n) is 4.98. The first-order chi connectivity index (χ1) is 11.7. The summed E-state index contributed by atoms with van der Waals surface area (Å²) in [7, 11) is 1.93. The zero-order valence-corrected chi connectivity index (χ0v) is 13.9. The Morgan fingerprint density at radius 2 is 2.29 bits per heavy atom. The summed E-state index contributed by atoms with van der Waals surface area (Å²) in [6.45, 7) is 3.01. The second kappa shape index (κ2) is 6.45. The van der Waals surface area contributed by atoms with Crippen LogP contribution in [0, 0.1) is 5.92 Å². The van der Waals surface area contributed by atoms with Gasteiger partial charge in [0.15, 0.2) is 11.5 Å². The van der Waals surface area contributed by atoms with Gasteiger partial charge in [0.25, 0.3) is 0 Å². The number of hydrogen-bond acceptors (Lipinski definition) is 5. The fraction of sp³-hybridized carbons (Fsp3) is 0.500. The predicted octanol–water partition coefficient (Wildman–Crippen LogP) is 2.09. The van der Waals surface area contributed by atoms with Gasteiger partial charge in [-0.15, -0.1) is 0 Å². The Morgan fingerprint density at radius 3 is 3.12 bits per heavy atom. The van der Waals surface area contributed by atoms with E-state index in [4.69, 9.17) is 9.47 Å². The molecule has 2 aromatic rings. The molecule has 3 heterocycles. The Hall–Kier alpha value is -2.05. The van der Waals surface area contributed by atoms with E-state index in [2.05, 4.69) is 16.0 Å². The number of aliphatic hydroxyl groups excluding tert-OH is 1. The molecule has 0 spiro atoms. The quantitative estimate of drug-likeness (QED) is 0.931. The largest absolute Gasteiger partial charge is 0.454 e. The van der Waals surface area contributed by atoms with E-state index in [1.807, 2.05) is 29.9 Å². The van der Waals surface area contributed by atoms with Crippen molar-refractivity contribution in [1.82, 2.24) is 14.5 Å². The lowest BCUT2D eigenvalue weighted by molar-refractivity contribution is 0.0402. The number of hydrogen-bond donors (Lipinski definition) is 1. The molecule has 2 atom stereocenters. The normalized spacial score (nSPS) is 21.8. The first-order valence-corrected chi connectivity index (χ1v) is 8.47. The Labute approximate surface area is 141 Å². The molecule has 4 rings (SSSR count). The Balaban J connectivity index is 1.46. The number of ether oxygens (including phenoxy) is 2. The van der Waals surface area contributed by atoms with Gasteiger partial charge in [0.1, 0.15) is 11.9 Å². The Kier molecular flexibility index (Phi) is 4.16. The molecule has 6 heteroatoms. The zero-order valence-electron chi connectivity index (χ0n) is 13.9. The number of benzene rings is 1. The van der Waals surface area contributed by atoms with Crippen molar-refractivity contribution >= 4 is 0 Å². The molecule has 1 N–H and O–H groups in total. The van der Waals surface area contributed by atoms with Crippen molar-refractivity contribution in [2.45, 2.75) is 25.5 Å². The summed E-state index contributed by atoms with van der Waals surface area (Å²) in [5.41, 5.74) is 1.15. The molecule has 2 aliphatic rings. The number of piperidine rings is 1. The predicted molar refractivity (Wildman–Crippen MR) is 88.7 cm³/mol. The number of rotatable bonds is 4. The van der Waals surface area contributed by atoms with Crippen LogP contribution in [0.15, 0.2) is 30.6 Å². The van der Waals surface area contributed by atoms with E-state index in [1.165, 1.54) is 0 Å². The van der Waals surface area contributed by atoms with Gasteiger partial charge in [-0.3, -0.25) is 4.90 Å². The van der Waals surface area contributed by atoms with Crippen LogP contribution in [0.25, 0.3) is 0 Å². The lowest BCUT2D eigenvalue weighted by Gasteiger charge is -2.35. The second-order valence-corrected chi connectivity index (χ2v) is 6.63. The summed E-state index contributed by atoms with van der Waals surface area (Å²) in [6.07, 6.45) is 5.21. The highest BCUT2D eigenvalue weighted by Gasteiger charge is 2.30. The van der Waals surface area contributed by atoms with Gasteiger partial charge in [-0.2, -0.15) is 0 Å². The third-order valence-corrected chi connectivity index (χ3v) is 4.98. The molecule has 0 radical (unpaired) electrons. The van der Waals surface area contributed by atoms with E-state index in [9.17, 15) is 5.11 Å². The lowest BCUT2D eigenvalue weighted by Crippen LogP contribution is -2.37. The van der Waals surface area contributed by atoms with E-state index in [-0.39, 0.29) is 5.92 Å². The summed E-state index contributed by atoms with van der Waals surface area (Å²) in [4.78, 5) is 6.69. The van der Waals surface area contributed by atoms with Crippen molar-refractivity contribution < 1.29 is 14.6 Å². The Bertz CT molecular complexity index is 715. The van der Waals surface area contributed by atoms with Gasteiger partial charge in [-0.1, -0.05) is 12.1 Å². The first kappa shape index (κ1) is 15.5. The van der Waals surface area contributed by atoms with Gasteiger partial charge in [-0.05, 0) is 25.5 Å². The minimum absolute atomic E-state index is 0.203.